The third kappa shape index (κ3) is 1.68. The summed E-state index contributed by atoms with van der Waals surface area (Å²) in [5, 5.41) is 0. The number of benzene rings is 1. The van der Waals surface area contributed by atoms with Crippen LogP contribution in [0, 0.1) is 0 Å². The Hall–Kier alpha value is -1.55. The Morgan fingerprint density at radius 2 is 2.22 bits per heavy atom. The number of rotatable bonds is 4. The SMILES string of the molecule is CCCn1c(C2(N)CC2)nc2cc(OC)ccc21. The number of aryl methyl sites for hydroxylation is 1. The first kappa shape index (κ1) is 11.5. The summed E-state index contributed by atoms with van der Waals surface area (Å²) in [4.78, 5) is 4.73. The third-order valence-electron chi connectivity index (χ3n) is 3.64. The van der Waals surface area contributed by atoms with E-state index in [-0.39, 0.29) is 5.54 Å². The number of aromatic nitrogens is 2. The van der Waals surface area contributed by atoms with Gasteiger partial charge in [-0.2, -0.15) is 0 Å². The van der Waals surface area contributed by atoms with Crippen molar-refractivity contribution < 1.29 is 4.74 Å². The highest BCUT2D eigenvalue weighted by atomic mass is 16.5. The summed E-state index contributed by atoms with van der Waals surface area (Å²) in [6, 6.07) is 6.04. The Kier molecular flexibility index (Phi) is 2.55. The molecule has 1 aromatic heterocycles. The minimum absolute atomic E-state index is 0.193. The predicted octanol–water partition coefficient (Wildman–Crippen LogP) is 2.40. The van der Waals surface area contributed by atoms with Crippen LogP contribution in [0.4, 0.5) is 0 Å². The van der Waals surface area contributed by atoms with Crippen LogP contribution in [0.3, 0.4) is 0 Å². The van der Waals surface area contributed by atoms with Crippen molar-refractivity contribution in [1.29, 1.82) is 0 Å². The largest absolute Gasteiger partial charge is 0.497 e. The number of hydrogen-bond acceptors (Lipinski definition) is 3. The van der Waals surface area contributed by atoms with Crippen LogP contribution in [0.2, 0.25) is 0 Å². The van der Waals surface area contributed by atoms with Crippen LogP contribution in [0.5, 0.6) is 5.75 Å². The maximum Gasteiger partial charge on any atom is 0.130 e. The highest BCUT2D eigenvalue weighted by Crippen LogP contribution is 2.43. The lowest BCUT2D eigenvalue weighted by atomic mass is 10.2. The minimum atomic E-state index is -0.193. The van der Waals surface area contributed by atoms with Gasteiger partial charge in [0.2, 0.25) is 0 Å². The molecule has 0 spiro atoms. The molecule has 0 amide bonds. The summed E-state index contributed by atoms with van der Waals surface area (Å²) in [5.41, 5.74) is 8.26. The normalized spacial score (nSPS) is 17.1. The highest BCUT2D eigenvalue weighted by Gasteiger charge is 2.44. The molecule has 0 unspecified atom stereocenters. The van der Waals surface area contributed by atoms with Crippen molar-refractivity contribution in [2.24, 2.45) is 5.73 Å². The topological polar surface area (TPSA) is 53.1 Å². The fourth-order valence-electron chi connectivity index (χ4n) is 2.42. The Morgan fingerprint density at radius 3 is 2.83 bits per heavy atom. The van der Waals surface area contributed by atoms with Gasteiger partial charge in [-0.1, -0.05) is 6.92 Å². The van der Waals surface area contributed by atoms with Crippen LogP contribution >= 0.6 is 0 Å². The standard InChI is InChI=1S/C14H19N3O/c1-3-8-17-12-5-4-10(18-2)9-11(12)16-13(17)14(15)6-7-14/h4-5,9H,3,6-8,15H2,1-2H3. The van der Waals surface area contributed by atoms with Gasteiger partial charge in [-0.25, -0.2) is 4.98 Å². The van der Waals surface area contributed by atoms with E-state index in [0.717, 1.165) is 48.4 Å². The van der Waals surface area contributed by atoms with Crippen molar-refractivity contribution >= 4 is 11.0 Å². The van der Waals surface area contributed by atoms with Gasteiger partial charge in [-0.05, 0) is 31.4 Å². The molecule has 4 heteroatoms. The van der Waals surface area contributed by atoms with Gasteiger partial charge in [0, 0.05) is 12.6 Å². The molecule has 1 heterocycles. The first-order valence-corrected chi connectivity index (χ1v) is 6.51. The first-order chi connectivity index (χ1) is 8.68. The van der Waals surface area contributed by atoms with Crippen molar-refractivity contribution in [3.63, 3.8) is 0 Å². The van der Waals surface area contributed by atoms with Gasteiger partial charge in [-0.15, -0.1) is 0 Å². The maximum absolute atomic E-state index is 6.32. The van der Waals surface area contributed by atoms with E-state index >= 15 is 0 Å². The van der Waals surface area contributed by atoms with Crippen LogP contribution in [-0.4, -0.2) is 16.7 Å². The molecule has 0 bridgehead atoms. The van der Waals surface area contributed by atoms with Crippen LogP contribution in [0.15, 0.2) is 18.2 Å². The molecule has 2 N–H and O–H groups in total. The number of imidazole rings is 1. The number of nitrogens with zero attached hydrogens (tertiary/aromatic N) is 2. The van der Waals surface area contributed by atoms with Crippen molar-refractivity contribution in [2.45, 2.75) is 38.3 Å². The van der Waals surface area contributed by atoms with Gasteiger partial charge in [0.1, 0.15) is 11.6 Å². The lowest BCUT2D eigenvalue weighted by Crippen LogP contribution is -2.24. The van der Waals surface area contributed by atoms with Crippen LogP contribution in [0.1, 0.15) is 32.0 Å². The van der Waals surface area contributed by atoms with E-state index in [1.807, 2.05) is 12.1 Å². The zero-order valence-corrected chi connectivity index (χ0v) is 10.9. The van der Waals surface area contributed by atoms with E-state index < -0.39 is 0 Å². The van der Waals surface area contributed by atoms with E-state index in [2.05, 4.69) is 17.6 Å². The Bertz CT molecular complexity index is 584. The van der Waals surface area contributed by atoms with Gasteiger partial charge in [-0.3, -0.25) is 0 Å². The molecule has 0 saturated heterocycles. The van der Waals surface area contributed by atoms with Crippen LogP contribution in [0.25, 0.3) is 11.0 Å². The van der Waals surface area contributed by atoms with E-state index in [1.54, 1.807) is 7.11 Å². The average molecular weight is 245 g/mol. The molecule has 1 aromatic carbocycles. The van der Waals surface area contributed by atoms with Crippen molar-refractivity contribution in [2.75, 3.05) is 7.11 Å². The quantitative estimate of drug-likeness (QED) is 0.900. The van der Waals surface area contributed by atoms with Gasteiger partial charge in [0.05, 0.1) is 23.7 Å². The molecule has 4 nitrogen and oxygen atoms in total. The molecule has 1 fully saturated rings. The molecular formula is C14H19N3O. The molecule has 0 atom stereocenters. The molecule has 1 aliphatic carbocycles. The van der Waals surface area contributed by atoms with Crippen molar-refractivity contribution in [3.8, 4) is 5.75 Å². The monoisotopic (exact) mass is 245 g/mol. The van der Waals surface area contributed by atoms with Gasteiger partial charge >= 0.3 is 0 Å². The maximum atomic E-state index is 6.32. The van der Waals surface area contributed by atoms with Crippen molar-refractivity contribution in [1.82, 2.24) is 9.55 Å². The smallest absolute Gasteiger partial charge is 0.130 e. The minimum Gasteiger partial charge on any atom is -0.497 e. The van der Waals surface area contributed by atoms with E-state index in [9.17, 15) is 0 Å². The van der Waals surface area contributed by atoms with Crippen LogP contribution in [-0.2, 0) is 12.1 Å². The second kappa shape index (κ2) is 3.99. The van der Waals surface area contributed by atoms with Crippen LogP contribution < -0.4 is 10.5 Å². The number of nitrogens with two attached hydrogens (primary N) is 1. The fourth-order valence-corrected chi connectivity index (χ4v) is 2.42. The Labute approximate surface area is 107 Å². The zero-order valence-electron chi connectivity index (χ0n) is 10.9. The molecule has 18 heavy (non-hydrogen) atoms. The van der Waals surface area contributed by atoms with E-state index in [0.29, 0.717) is 0 Å². The van der Waals surface area contributed by atoms with Crippen molar-refractivity contribution in [3.05, 3.63) is 24.0 Å². The Balaban J connectivity index is 2.18. The summed E-state index contributed by atoms with van der Waals surface area (Å²) < 4.78 is 7.52. The molecule has 1 saturated carbocycles. The lowest BCUT2D eigenvalue weighted by molar-refractivity contribution is 0.415. The average Bonchev–Trinajstić information content (AvgIpc) is 3.02. The summed E-state index contributed by atoms with van der Waals surface area (Å²) in [6.45, 7) is 3.15. The molecule has 3 rings (SSSR count). The number of fused-ring (bicyclic) bond motifs is 1. The first-order valence-electron chi connectivity index (χ1n) is 6.51. The molecule has 1 aliphatic rings. The second-order valence-corrected chi connectivity index (χ2v) is 5.10. The second-order valence-electron chi connectivity index (χ2n) is 5.10. The van der Waals surface area contributed by atoms with Gasteiger partial charge < -0.3 is 15.0 Å². The fraction of sp³-hybridized carbons (Fsp3) is 0.500. The summed E-state index contributed by atoms with van der Waals surface area (Å²) in [7, 11) is 1.68. The summed E-state index contributed by atoms with van der Waals surface area (Å²) in [5.74, 6) is 1.88. The number of methoxy groups -OCH3 is 1. The summed E-state index contributed by atoms with van der Waals surface area (Å²) in [6.07, 6.45) is 3.16. The molecule has 2 aromatic rings. The van der Waals surface area contributed by atoms with E-state index in [4.69, 9.17) is 15.5 Å². The third-order valence-corrected chi connectivity index (χ3v) is 3.64. The predicted molar refractivity (Wildman–Crippen MR) is 71.7 cm³/mol. The van der Waals surface area contributed by atoms with E-state index in [1.165, 1.54) is 0 Å². The van der Waals surface area contributed by atoms with Gasteiger partial charge in [0.15, 0.2) is 0 Å². The summed E-state index contributed by atoms with van der Waals surface area (Å²) >= 11 is 0. The number of ether oxygens (including phenoxy) is 1. The molecule has 0 radical (unpaired) electrons. The lowest BCUT2D eigenvalue weighted by Gasteiger charge is -2.12. The molecular weight excluding hydrogens is 226 g/mol. The zero-order chi connectivity index (χ0) is 12.8. The van der Waals surface area contributed by atoms with Gasteiger partial charge in [0.25, 0.3) is 0 Å². The Morgan fingerprint density at radius 1 is 1.44 bits per heavy atom. The number of hydrogen-bond donors (Lipinski definition) is 1. The highest BCUT2D eigenvalue weighted by molar-refractivity contribution is 5.78. The molecule has 0 aliphatic heterocycles. The molecule has 96 valence electrons.